The van der Waals surface area contributed by atoms with Gasteiger partial charge >= 0.3 is 5.97 Å². The smallest absolute Gasteiger partial charge is 0.310 e. The summed E-state index contributed by atoms with van der Waals surface area (Å²) >= 11 is 1.53. The fourth-order valence-corrected chi connectivity index (χ4v) is 3.21. The number of aliphatic carboxylic acids is 1. The molecule has 2 unspecified atom stereocenters. The molecule has 0 aromatic heterocycles. The molecule has 2 N–H and O–H groups in total. The zero-order valence-corrected chi connectivity index (χ0v) is 14.5. The van der Waals surface area contributed by atoms with Gasteiger partial charge in [0.05, 0.1) is 11.2 Å². The van der Waals surface area contributed by atoms with E-state index in [0.29, 0.717) is 17.7 Å². The molecule has 0 saturated carbocycles. The maximum Gasteiger partial charge on any atom is 0.310 e. The van der Waals surface area contributed by atoms with E-state index in [1.54, 1.807) is 31.2 Å². The average Bonchev–Trinajstić information content (AvgIpc) is 2.59. The van der Waals surface area contributed by atoms with Crippen LogP contribution in [0.3, 0.4) is 0 Å². The number of hydrogen-bond donors (Lipinski definition) is 2. The van der Waals surface area contributed by atoms with E-state index in [-0.39, 0.29) is 11.2 Å². The second-order valence-electron chi connectivity index (χ2n) is 5.50. The Morgan fingerprint density at radius 3 is 2.46 bits per heavy atom. The quantitative estimate of drug-likeness (QED) is 0.732. The molecule has 0 saturated heterocycles. The van der Waals surface area contributed by atoms with E-state index in [2.05, 4.69) is 5.32 Å². The normalized spacial score (nSPS) is 13.1. The van der Waals surface area contributed by atoms with E-state index in [9.17, 15) is 9.59 Å². The topological polar surface area (TPSA) is 66.4 Å². The summed E-state index contributed by atoms with van der Waals surface area (Å²) in [6.45, 7) is 3.60. The van der Waals surface area contributed by atoms with Crippen LogP contribution < -0.4 is 5.32 Å². The van der Waals surface area contributed by atoms with Crippen molar-refractivity contribution in [1.82, 2.24) is 0 Å². The summed E-state index contributed by atoms with van der Waals surface area (Å²) in [5.41, 5.74) is 1.29. The number of anilines is 1. The van der Waals surface area contributed by atoms with Crippen molar-refractivity contribution in [2.24, 2.45) is 0 Å². The first kappa shape index (κ1) is 18.1. The summed E-state index contributed by atoms with van der Waals surface area (Å²) in [5, 5.41) is 11.8. The lowest BCUT2D eigenvalue weighted by atomic mass is 10.0. The Balaban J connectivity index is 2.07. The number of thioether (sulfide) groups is 1. The molecule has 1 amide bonds. The van der Waals surface area contributed by atoms with Gasteiger partial charge in [-0.05, 0) is 43.2 Å². The Morgan fingerprint density at radius 1 is 1.12 bits per heavy atom. The molecule has 2 rings (SSSR count). The van der Waals surface area contributed by atoms with Crippen LogP contribution in [0.4, 0.5) is 5.69 Å². The molecule has 2 aromatic carbocycles. The van der Waals surface area contributed by atoms with E-state index < -0.39 is 11.9 Å². The number of carbonyl (C=O) groups excluding carboxylic acids is 1. The van der Waals surface area contributed by atoms with Gasteiger partial charge in [0.25, 0.3) is 0 Å². The zero-order valence-electron chi connectivity index (χ0n) is 13.7. The zero-order chi connectivity index (χ0) is 17.5. The summed E-state index contributed by atoms with van der Waals surface area (Å²) in [6.07, 6.45) is 0.705. The third-order valence-electron chi connectivity index (χ3n) is 3.71. The summed E-state index contributed by atoms with van der Waals surface area (Å²) in [5.74, 6) is -1.57. The summed E-state index contributed by atoms with van der Waals surface area (Å²) in [7, 11) is 0. The first-order chi connectivity index (χ1) is 11.5. The minimum absolute atomic E-state index is 0.0773. The molecule has 126 valence electrons. The Hall–Kier alpha value is -2.27. The van der Waals surface area contributed by atoms with Crippen LogP contribution in [0, 0.1) is 0 Å². The fourth-order valence-electron chi connectivity index (χ4n) is 2.24. The third-order valence-corrected chi connectivity index (χ3v) is 5.09. The Bertz CT molecular complexity index is 703. The summed E-state index contributed by atoms with van der Waals surface area (Å²) < 4.78 is 0. The van der Waals surface area contributed by atoms with Gasteiger partial charge in [0.1, 0.15) is 0 Å². The second-order valence-corrected chi connectivity index (χ2v) is 6.78. The molecule has 0 radical (unpaired) electrons. The average molecular weight is 343 g/mol. The number of nitrogens with one attached hydrogen (secondary N) is 1. The Morgan fingerprint density at radius 2 is 1.83 bits per heavy atom. The largest absolute Gasteiger partial charge is 0.481 e. The molecule has 0 aliphatic heterocycles. The van der Waals surface area contributed by atoms with Crippen molar-refractivity contribution < 1.29 is 14.7 Å². The van der Waals surface area contributed by atoms with Crippen LogP contribution in [-0.4, -0.2) is 22.2 Å². The third kappa shape index (κ3) is 4.86. The molecular formula is C19H21NO3S. The highest BCUT2D eigenvalue weighted by atomic mass is 32.2. The lowest BCUT2D eigenvalue weighted by Crippen LogP contribution is -2.24. The number of amides is 1. The monoisotopic (exact) mass is 343 g/mol. The lowest BCUT2D eigenvalue weighted by Gasteiger charge is -2.16. The van der Waals surface area contributed by atoms with Gasteiger partial charge < -0.3 is 10.4 Å². The van der Waals surface area contributed by atoms with E-state index in [0.717, 1.165) is 4.90 Å². The molecule has 0 aliphatic carbocycles. The molecule has 0 bridgehead atoms. The molecule has 0 aliphatic rings. The van der Waals surface area contributed by atoms with Gasteiger partial charge in [-0.3, -0.25) is 9.59 Å². The molecular weight excluding hydrogens is 322 g/mol. The van der Waals surface area contributed by atoms with Crippen molar-refractivity contribution >= 4 is 29.3 Å². The van der Waals surface area contributed by atoms with Crippen LogP contribution in [0.25, 0.3) is 0 Å². The molecule has 0 fully saturated rings. The van der Waals surface area contributed by atoms with Crippen molar-refractivity contribution in [3.8, 4) is 0 Å². The predicted molar refractivity (Wildman–Crippen MR) is 97.5 cm³/mol. The molecule has 4 nitrogen and oxygen atoms in total. The predicted octanol–water partition coefficient (Wildman–Crippen LogP) is 4.38. The van der Waals surface area contributed by atoms with Crippen LogP contribution in [0.5, 0.6) is 0 Å². The molecule has 24 heavy (non-hydrogen) atoms. The Labute approximate surface area is 146 Å². The first-order valence-corrected chi connectivity index (χ1v) is 8.74. The van der Waals surface area contributed by atoms with Gasteiger partial charge in [-0.25, -0.2) is 0 Å². The van der Waals surface area contributed by atoms with Crippen molar-refractivity contribution in [2.45, 2.75) is 36.3 Å². The SMILES string of the molecule is CCC(Sc1ccccc1)C(=O)Nc1cccc(C(C)C(=O)O)c1. The van der Waals surface area contributed by atoms with E-state index in [1.165, 1.54) is 11.8 Å². The number of carbonyl (C=O) groups is 2. The van der Waals surface area contributed by atoms with E-state index in [1.807, 2.05) is 37.3 Å². The minimum Gasteiger partial charge on any atom is -0.481 e. The highest BCUT2D eigenvalue weighted by molar-refractivity contribution is 8.00. The van der Waals surface area contributed by atoms with Crippen molar-refractivity contribution in [3.05, 3.63) is 60.2 Å². The van der Waals surface area contributed by atoms with Gasteiger partial charge in [0.2, 0.25) is 5.91 Å². The number of rotatable bonds is 7. The van der Waals surface area contributed by atoms with Gasteiger partial charge in [0.15, 0.2) is 0 Å². The highest BCUT2D eigenvalue weighted by Crippen LogP contribution is 2.27. The van der Waals surface area contributed by atoms with Crippen LogP contribution >= 0.6 is 11.8 Å². The van der Waals surface area contributed by atoms with Gasteiger partial charge in [-0.1, -0.05) is 37.3 Å². The minimum atomic E-state index is -0.885. The van der Waals surface area contributed by atoms with Crippen molar-refractivity contribution in [2.75, 3.05) is 5.32 Å². The number of benzene rings is 2. The molecule has 0 heterocycles. The lowest BCUT2D eigenvalue weighted by molar-refractivity contribution is -0.138. The molecule has 2 atom stereocenters. The first-order valence-electron chi connectivity index (χ1n) is 7.86. The molecule has 2 aromatic rings. The highest BCUT2D eigenvalue weighted by Gasteiger charge is 2.19. The van der Waals surface area contributed by atoms with Gasteiger partial charge in [-0.15, -0.1) is 11.8 Å². The number of hydrogen-bond acceptors (Lipinski definition) is 3. The summed E-state index contributed by atoms with van der Waals surface area (Å²) in [6, 6.07) is 16.8. The van der Waals surface area contributed by atoms with Crippen LogP contribution in [0.2, 0.25) is 0 Å². The number of carboxylic acids is 1. The van der Waals surface area contributed by atoms with Gasteiger partial charge in [0, 0.05) is 10.6 Å². The Kier molecular flexibility index (Phi) is 6.44. The number of carboxylic acid groups (broad SMARTS) is 1. The maximum atomic E-state index is 12.5. The van der Waals surface area contributed by atoms with E-state index in [4.69, 9.17) is 5.11 Å². The van der Waals surface area contributed by atoms with Crippen molar-refractivity contribution in [1.29, 1.82) is 0 Å². The van der Waals surface area contributed by atoms with Crippen molar-refractivity contribution in [3.63, 3.8) is 0 Å². The van der Waals surface area contributed by atoms with Crippen LogP contribution in [0.1, 0.15) is 31.7 Å². The van der Waals surface area contributed by atoms with Gasteiger partial charge in [-0.2, -0.15) is 0 Å². The fraction of sp³-hybridized carbons (Fsp3) is 0.263. The molecule has 5 heteroatoms. The van der Waals surface area contributed by atoms with Crippen LogP contribution in [-0.2, 0) is 9.59 Å². The van der Waals surface area contributed by atoms with E-state index >= 15 is 0 Å². The maximum absolute atomic E-state index is 12.5. The molecule has 0 spiro atoms. The second kappa shape index (κ2) is 8.55. The standard InChI is InChI=1S/C19H21NO3S/c1-3-17(24-16-10-5-4-6-11-16)18(21)20-15-9-7-8-14(12-15)13(2)19(22)23/h4-13,17H,3H2,1-2H3,(H,20,21)(H,22,23). The van der Waals surface area contributed by atoms with Crippen LogP contribution in [0.15, 0.2) is 59.5 Å². The summed E-state index contributed by atoms with van der Waals surface area (Å²) in [4.78, 5) is 24.7.